The van der Waals surface area contributed by atoms with E-state index in [9.17, 15) is 4.79 Å². The monoisotopic (exact) mass is 267 g/mol. The molecule has 1 unspecified atom stereocenters. The third-order valence-corrected chi connectivity index (χ3v) is 4.54. The second-order valence-corrected chi connectivity index (χ2v) is 6.67. The van der Waals surface area contributed by atoms with Gasteiger partial charge in [-0.05, 0) is 63.7 Å². The molecule has 0 aliphatic carbocycles. The summed E-state index contributed by atoms with van der Waals surface area (Å²) < 4.78 is 0. The smallest absolute Gasteiger partial charge is 0.237 e. The summed E-state index contributed by atoms with van der Waals surface area (Å²) in [5, 5.41) is 6.47. The molecule has 2 saturated heterocycles. The first-order valence-corrected chi connectivity index (χ1v) is 7.83. The van der Waals surface area contributed by atoms with Gasteiger partial charge in [0, 0.05) is 6.54 Å². The minimum atomic E-state index is -0.0203. The second kappa shape index (κ2) is 6.71. The molecule has 2 fully saturated rings. The van der Waals surface area contributed by atoms with Crippen LogP contribution in [-0.2, 0) is 4.79 Å². The first-order chi connectivity index (χ1) is 9.09. The molecule has 2 aliphatic heterocycles. The number of hydrogen-bond donors (Lipinski definition) is 2. The van der Waals surface area contributed by atoms with Crippen molar-refractivity contribution in [2.75, 3.05) is 32.7 Å². The number of hydrogen-bond acceptors (Lipinski definition) is 3. The van der Waals surface area contributed by atoms with Crippen molar-refractivity contribution < 1.29 is 4.79 Å². The van der Waals surface area contributed by atoms with Crippen molar-refractivity contribution in [2.24, 2.45) is 5.41 Å². The van der Waals surface area contributed by atoms with Crippen molar-refractivity contribution in [1.29, 1.82) is 0 Å². The van der Waals surface area contributed by atoms with E-state index in [4.69, 9.17) is 0 Å². The van der Waals surface area contributed by atoms with Crippen molar-refractivity contribution in [1.82, 2.24) is 15.5 Å². The van der Waals surface area contributed by atoms with Crippen LogP contribution in [-0.4, -0.2) is 49.6 Å². The lowest BCUT2D eigenvalue weighted by molar-refractivity contribution is -0.126. The molecule has 1 atom stereocenters. The molecular formula is C15H29N3O. The predicted molar refractivity (Wildman–Crippen MR) is 78.1 cm³/mol. The van der Waals surface area contributed by atoms with Crippen LogP contribution in [0.5, 0.6) is 0 Å². The van der Waals surface area contributed by atoms with E-state index in [1.165, 1.54) is 32.4 Å². The lowest BCUT2D eigenvalue weighted by atomic mass is 9.77. The average Bonchev–Trinajstić information content (AvgIpc) is 2.87. The summed E-state index contributed by atoms with van der Waals surface area (Å²) in [5.74, 6) is 0.186. The Labute approximate surface area is 117 Å². The van der Waals surface area contributed by atoms with Crippen LogP contribution in [0.3, 0.4) is 0 Å². The SMILES string of the molecule is CC1(C)CCCNC1C(=O)NCCCN1CCCC1. The lowest BCUT2D eigenvalue weighted by Gasteiger charge is -2.38. The average molecular weight is 267 g/mol. The molecule has 0 spiro atoms. The molecule has 4 nitrogen and oxygen atoms in total. The number of amides is 1. The minimum absolute atomic E-state index is 0.0203. The van der Waals surface area contributed by atoms with Gasteiger partial charge in [0.15, 0.2) is 0 Å². The van der Waals surface area contributed by atoms with E-state index in [1.807, 2.05) is 0 Å². The Bertz CT molecular complexity index is 298. The lowest BCUT2D eigenvalue weighted by Crippen LogP contribution is -2.55. The largest absolute Gasteiger partial charge is 0.355 e. The van der Waals surface area contributed by atoms with Crippen molar-refractivity contribution in [3.05, 3.63) is 0 Å². The molecule has 19 heavy (non-hydrogen) atoms. The van der Waals surface area contributed by atoms with Gasteiger partial charge in [0.2, 0.25) is 5.91 Å². The number of carbonyl (C=O) groups excluding carboxylic acids is 1. The Morgan fingerprint density at radius 1 is 1.32 bits per heavy atom. The Hall–Kier alpha value is -0.610. The van der Waals surface area contributed by atoms with Crippen LogP contribution < -0.4 is 10.6 Å². The Morgan fingerprint density at radius 2 is 2.05 bits per heavy atom. The fourth-order valence-corrected chi connectivity index (χ4v) is 3.28. The van der Waals surface area contributed by atoms with Gasteiger partial charge in [0.25, 0.3) is 0 Å². The second-order valence-electron chi connectivity index (χ2n) is 6.67. The zero-order chi connectivity index (χ0) is 13.7. The fourth-order valence-electron chi connectivity index (χ4n) is 3.28. The van der Waals surface area contributed by atoms with Gasteiger partial charge in [-0.2, -0.15) is 0 Å². The molecule has 0 saturated carbocycles. The summed E-state index contributed by atoms with van der Waals surface area (Å²) in [6.45, 7) is 9.76. The van der Waals surface area contributed by atoms with Gasteiger partial charge in [0.1, 0.15) is 0 Å². The standard InChI is InChI=1S/C15H29N3O/c1-15(2)7-5-8-16-13(15)14(19)17-9-6-12-18-10-3-4-11-18/h13,16H,3-12H2,1-2H3,(H,17,19). The highest BCUT2D eigenvalue weighted by atomic mass is 16.2. The Kier molecular flexibility index (Phi) is 5.22. The van der Waals surface area contributed by atoms with Gasteiger partial charge in [-0.1, -0.05) is 13.8 Å². The number of rotatable bonds is 5. The fraction of sp³-hybridized carbons (Fsp3) is 0.933. The van der Waals surface area contributed by atoms with Gasteiger partial charge in [-0.25, -0.2) is 0 Å². The normalized spacial score (nSPS) is 27.4. The van der Waals surface area contributed by atoms with Gasteiger partial charge >= 0.3 is 0 Å². The summed E-state index contributed by atoms with van der Waals surface area (Å²) in [6, 6.07) is -0.0203. The van der Waals surface area contributed by atoms with E-state index in [0.29, 0.717) is 0 Å². The molecule has 1 amide bonds. The molecule has 110 valence electrons. The minimum Gasteiger partial charge on any atom is -0.355 e. The Morgan fingerprint density at radius 3 is 2.74 bits per heavy atom. The van der Waals surface area contributed by atoms with E-state index in [0.717, 1.165) is 32.5 Å². The van der Waals surface area contributed by atoms with Crippen molar-refractivity contribution >= 4 is 5.91 Å². The quantitative estimate of drug-likeness (QED) is 0.739. The van der Waals surface area contributed by atoms with Crippen LogP contribution in [0.2, 0.25) is 0 Å². The molecule has 2 rings (SSSR count). The van der Waals surface area contributed by atoms with Gasteiger partial charge in [-0.15, -0.1) is 0 Å². The summed E-state index contributed by atoms with van der Waals surface area (Å²) in [7, 11) is 0. The third kappa shape index (κ3) is 4.18. The maximum Gasteiger partial charge on any atom is 0.237 e. The molecule has 4 heteroatoms. The first kappa shape index (κ1) is 14.8. The zero-order valence-corrected chi connectivity index (χ0v) is 12.5. The third-order valence-electron chi connectivity index (χ3n) is 4.54. The zero-order valence-electron chi connectivity index (χ0n) is 12.5. The van der Waals surface area contributed by atoms with E-state index >= 15 is 0 Å². The molecule has 0 aromatic rings. The van der Waals surface area contributed by atoms with Gasteiger partial charge in [0.05, 0.1) is 6.04 Å². The maximum atomic E-state index is 12.2. The van der Waals surface area contributed by atoms with Crippen molar-refractivity contribution in [3.8, 4) is 0 Å². The van der Waals surface area contributed by atoms with Crippen LogP contribution in [0, 0.1) is 5.41 Å². The molecule has 2 aliphatic rings. The number of likely N-dealkylation sites (tertiary alicyclic amines) is 1. The van der Waals surface area contributed by atoms with E-state index in [-0.39, 0.29) is 17.4 Å². The number of piperidine rings is 1. The van der Waals surface area contributed by atoms with E-state index < -0.39 is 0 Å². The van der Waals surface area contributed by atoms with Gasteiger partial charge in [-0.3, -0.25) is 4.79 Å². The molecule has 2 N–H and O–H groups in total. The highest BCUT2D eigenvalue weighted by Gasteiger charge is 2.36. The highest BCUT2D eigenvalue weighted by Crippen LogP contribution is 2.29. The van der Waals surface area contributed by atoms with Crippen molar-refractivity contribution in [2.45, 2.75) is 52.0 Å². The summed E-state index contributed by atoms with van der Waals surface area (Å²) in [4.78, 5) is 14.7. The number of nitrogens with one attached hydrogen (secondary N) is 2. The summed E-state index contributed by atoms with van der Waals surface area (Å²) in [5.41, 5.74) is 0.0806. The summed E-state index contributed by atoms with van der Waals surface area (Å²) in [6.07, 6.45) is 6.05. The van der Waals surface area contributed by atoms with Crippen molar-refractivity contribution in [3.63, 3.8) is 0 Å². The molecule has 0 aromatic carbocycles. The van der Waals surface area contributed by atoms with Gasteiger partial charge < -0.3 is 15.5 Å². The molecule has 2 heterocycles. The van der Waals surface area contributed by atoms with Crippen LogP contribution >= 0.6 is 0 Å². The summed E-state index contributed by atoms with van der Waals surface area (Å²) >= 11 is 0. The van der Waals surface area contributed by atoms with E-state index in [2.05, 4.69) is 29.4 Å². The topological polar surface area (TPSA) is 44.4 Å². The predicted octanol–water partition coefficient (Wildman–Crippen LogP) is 1.37. The van der Waals surface area contributed by atoms with Crippen LogP contribution in [0.4, 0.5) is 0 Å². The van der Waals surface area contributed by atoms with Crippen LogP contribution in [0.25, 0.3) is 0 Å². The van der Waals surface area contributed by atoms with E-state index in [1.54, 1.807) is 0 Å². The molecule has 0 bridgehead atoms. The van der Waals surface area contributed by atoms with Crippen LogP contribution in [0.15, 0.2) is 0 Å². The maximum absolute atomic E-state index is 12.2. The van der Waals surface area contributed by atoms with Crippen LogP contribution in [0.1, 0.15) is 46.0 Å². The Balaban J connectivity index is 1.65. The molecular weight excluding hydrogens is 238 g/mol. The molecule has 0 aromatic heterocycles. The molecule has 0 radical (unpaired) electrons. The highest BCUT2D eigenvalue weighted by molar-refractivity contribution is 5.82. The number of nitrogens with zero attached hydrogens (tertiary/aromatic N) is 1. The first-order valence-electron chi connectivity index (χ1n) is 7.83. The number of carbonyl (C=O) groups is 1.